The second kappa shape index (κ2) is 9.30. The number of nitrogens with zero attached hydrogens (tertiary/aromatic N) is 3. The molecule has 2 fully saturated rings. The first kappa shape index (κ1) is 23.9. The average Bonchev–Trinajstić information content (AvgIpc) is 3.34. The van der Waals surface area contributed by atoms with Gasteiger partial charge in [0, 0.05) is 23.6 Å². The van der Waals surface area contributed by atoms with E-state index in [0.717, 1.165) is 54.4 Å². The van der Waals surface area contributed by atoms with E-state index in [2.05, 4.69) is 15.2 Å². The number of pyridine rings is 1. The fourth-order valence-electron chi connectivity index (χ4n) is 5.82. The Labute approximate surface area is 209 Å². The Balaban J connectivity index is 1.65. The summed E-state index contributed by atoms with van der Waals surface area (Å²) in [7, 11) is 0. The van der Waals surface area contributed by atoms with Crippen LogP contribution >= 0.6 is 12.2 Å². The number of aromatic nitrogens is 2. The van der Waals surface area contributed by atoms with Crippen LogP contribution in [0.1, 0.15) is 72.4 Å². The fraction of sp³-hybridized carbons (Fsp3) is 0.407. The van der Waals surface area contributed by atoms with Crippen LogP contribution in [-0.2, 0) is 6.18 Å². The van der Waals surface area contributed by atoms with Gasteiger partial charge >= 0.3 is 6.18 Å². The number of benzene rings is 1. The molecule has 0 amide bonds. The number of hydrogen-bond donors (Lipinski definition) is 1. The van der Waals surface area contributed by atoms with Gasteiger partial charge in [-0.3, -0.25) is 4.98 Å². The van der Waals surface area contributed by atoms with Crippen molar-refractivity contribution in [3.8, 4) is 5.69 Å². The molecule has 2 atom stereocenters. The Bertz CT molecular complexity index is 1210. The lowest BCUT2D eigenvalue weighted by Crippen LogP contribution is -2.40. The Kier molecular flexibility index (Phi) is 6.34. The van der Waals surface area contributed by atoms with Crippen LogP contribution in [0.25, 0.3) is 5.69 Å². The third-order valence-electron chi connectivity index (χ3n) is 7.34. The van der Waals surface area contributed by atoms with Crippen molar-refractivity contribution in [3.63, 3.8) is 0 Å². The molecule has 4 nitrogen and oxygen atoms in total. The minimum absolute atomic E-state index is 0.147. The SMILES string of the molecule is Cc1cc([C@@H]2[C@@H](c3ccccn3)NC(=S)N2C2CCCCC2)c(C)n1-c1ccccc1C(F)(F)F. The van der Waals surface area contributed by atoms with Crippen molar-refractivity contribution in [2.45, 2.75) is 70.3 Å². The summed E-state index contributed by atoms with van der Waals surface area (Å²) in [5.74, 6) is 0. The maximum atomic E-state index is 13.9. The van der Waals surface area contributed by atoms with Gasteiger partial charge in [-0.25, -0.2) is 0 Å². The molecule has 35 heavy (non-hydrogen) atoms. The third-order valence-corrected chi connectivity index (χ3v) is 7.67. The topological polar surface area (TPSA) is 33.1 Å². The minimum atomic E-state index is -4.44. The van der Waals surface area contributed by atoms with Gasteiger partial charge in [0.05, 0.1) is 29.0 Å². The molecule has 0 radical (unpaired) electrons. The first-order valence-corrected chi connectivity index (χ1v) is 12.5. The lowest BCUT2D eigenvalue weighted by Gasteiger charge is -2.37. The molecular weight excluding hydrogens is 469 g/mol. The summed E-state index contributed by atoms with van der Waals surface area (Å²) >= 11 is 5.85. The summed E-state index contributed by atoms with van der Waals surface area (Å²) in [4.78, 5) is 6.91. The standard InChI is InChI=1S/C27H29F3N4S/c1-17-16-20(18(2)33(17)23-14-7-6-12-21(23)27(28,29)30)25-24(22-13-8-9-15-31-22)32-26(35)34(25)19-10-4-3-5-11-19/h6-9,12-16,19,24-25H,3-5,10-11H2,1-2H3,(H,32,35)/t24-,25-/m1/s1. The fourth-order valence-corrected chi connectivity index (χ4v) is 6.21. The van der Waals surface area contributed by atoms with Crippen molar-refractivity contribution in [3.05, 3.63) is 82.9 Å². The van der Waals surface area contributed by atoms with Gasteiger partial charge in [0.2, 0.25) is 0 Å². The quantitative estimate of drug-likeness (QED) is 0.401. The monoisotopic (exact) mass is 498 g/mol. The summed E-state index contributed by atoms with van der Waals surface area (Å²) in [6.45, 7) is 3.77. The van der Waals surface area contributed by atoms with Gasteiger partial charge in [0.1, 0.15) is 0 Å². The number of rotatable bonds is 4. The number of para-hydroxylation sites is 1. The average molecular weight is 499 g/mol. The van der Waals surface area contributed by atoms with E-state index in [1.807, 2.05) is 38.1 Å². The lowest BCUT2D eigenvalue weighted by atomic mass is 9.90. The molecule has 1 saturated carbocycles. The molecule has 1 aliphatic heterocycles. The third kappa shape index (κ3) is 4.33. The van der Waals surface area contributed by atoms with Crippen LogP contribution in [0, 0.1) is 13.8 Å². The van der Waals surface area contributed by atoms with Gasteiger partial charge in [-0.15, -0.1) is 0 Å². The molecule has 3 heterocycles. The molecule has 2 aromatic heterocycles. The zero-order valence-electron chi connectivity index (χ0n) is 19.8. The normalized spacial score (nSPS) is 21.4. The van der Waals surface area contributed by atoms with E-state index in [0.29, 0.717) is 11.2 Å². The Hall–Kier alpha value is -2.87. The van der Waals surface area contributed by atoms with E-state index in [1.165, 1.54) is 12.5 Å². The van der Waals surface area contributed by atoms with Crippen molar-refractivity contribution < 1.29 is 13.2 Å². The smallest absolute Gasteiger partial charge is 0.352 e. The van der Waals surface area contributed by atoms with Gasteiger partial charge in [-0.1, -0.05) is 37.5 Å². The number of halogens is 3. The molecule has 1 aliphatic carbocycles. The number of alkyl halides is 3. The van der Waals surface area contributed by atoms with Crippen LogP contribution in [0.15, 0.2) is 54.7 Å². The van der Waals surface area contributed by atoms with E-state index >= 15 is 0 Å². The largest absolute Gasteiger partial charge is 0.418 e. The van der Waals surface area contributed by atoms with E-state index in [4.69, 9.17) is 12.2 Å². The Morgan fingerprint density at radius 1 is 1.00 bits per heavy atom. The zero-order valence-corrected chi connectivity index (χ0v) is 20.7. The predicted octanol–water partition coefficient (Wildman–Crippen LogP) is 6.81. The van der Waals surface area contributed by atoms with Crippen LogP contribution in [0.4, 0.5) is 13.2 Å². The molecule has 8 heteroatoms. The molecule has 184 valence electrons. The van der Waals surface area contributed by atoms with Gasteiger partial charge in [-0.05, 0) is 74.8 Å². The summed E-state index contributed by atoms with van der Waals surface area (Å²) in [6, 6.07) is 13.6. The van der Waals surface area contributed by atoms with E-state index < -0.39 is 11.7 Å². The Morgan fingerprint density at radius 3 is 2.40 bits per heavy atom. The highest BCUT2D eigenvalue weighted by Gasteiger charge is 2.44. The predicted molar refractivity (Wildman–Crippen MR) is 134 cm³/mol. The Morgan fingerprint density at radius 2 is 1.71 bits per heavy atom. The van der Waals surface area contributed by atoms with Gasteiger partial charge in [0.25, 0.3) is 0 Å². The molecule has 2 aliphatic rings. The molecule has 5 rings (SSSR count). The summed E-state index contributed by atoms with van der Waals surface area (Å²) < 4.78 is 43.4. The van der Waals surface area contributed by atoms with Crippen LogP contribution in [0.5, 0.6) is 0 Å². The van der Waals surface area contributed by atoms with Crippen molar-refractivity contribution in [1.82, 2.24) is 19.8 Å². The lowest BCUT2D eigenvalue weighted by molar-refractivity contribution is -0.137. The minimum Gasteiger partial charge on any atom is -0.352 e. The molecule has 0 spiro atoms. The van der Waals surface area contributed by atoms with Crippen molar-refractivity contribution >= 4 is 17.3 Å². The first-order valence-electron chi connectivity index (χ1n) is 12.1. The molecule has 1 saturated heterocycles. The molecule has 1 aromatic carbocycles. The number of aryl methyl sites for hydroxylation is 1. The maximum absolute atomic E-state index is 13.9. The van der Waals surface area contributed by atoms with Crippen LogP contribution in [0.2, 0.25) is 0 Å². The summed E-state index contributed by atoms with van der Waals surface area (Å²) in [5.41, 5.74) is 2.91. The summed E-state index contributed by atoms with van der Waals surface area (Å²) in [6.07, 6.45) is 2.98. The van der Waals surface area contributed by atoms with Crippen molar-refractivity contribution in [2.75, 3.05) is 0 Å². The van der Waals surface area contributed by atoms with E-state index in [9.17, 15) is 13.2 Å². The molecule has 0 unspecified atom stereocenters. The van der Waals surface area contributed by atoms with Gasteiger partial charge in [0.15, 0.2) is 5.11 Å². The second-order valence-electron chi connectivity index (χ2n) is 9.50. The molecular formula is C27H29F3N4S. The van der Waals surface area contributed by atoms with Gasteiger partial charge < -0.3 is 14.8 Å². The van der Waals surface area contributed by atoms with E-state index in [-0.39, 0.29) is 17.8 Å². The molecule has 1 N–H and O–H groups in total. The van der Waals surface area contributed by atoms with Crippen LogP contribution < -0.4 is 5.32 Å². The van der Waals surface area contributed by atoms with Crippen molar-refractivity contribution in [2.24, 2.45) is 0 Å². The number of nitrogens with one attached hydrogen (secondary N) is 1. The molecule has 0 bridgehead atoms. The highest BCUT2D eigenvalue weighted by Crippen LogP contribution is 2.45. The number of thiocarbonyl (C=S) groups is 1. The van der Waals surface area contributed by atoms with Gasteiger partial charge in [-0.2, -0.15) is 13.2 Å². The highest BCUT2D eigenvalue weighted by atomic mass is 32.1. The summed E-state index contributed by atoms with van der Waals surface area (Å²) in [5, 5.41) is 4.20. The number of hydrogen-bond acceptors (Lipinski definition) is 2. The van der Waals surface area contributed by atoms with E-state index in [1.54, 1.807) is 22.9 Å². The van der Waals surface area contributed by atoms with Crippen molar-refractivity contribution in [1.29, 1.82) is 0 Å². The van der Waals surface area contributed by atoms with Crippen LogP contribution in [-0.4, -0.2) is 25.6 Å². The second-order valence-corrected chi connectivity index (χ2v) is 9.89. The zero-order chi connectivity index (χ0) is 24.7. The highest BCUT2D eigenvalue weighted by molar-refractivity contribution is 7.80. The first-order chi connectivity index (χ1) is 16.8. The molecule has 3 aromatic rings. The van der Waals surface area contributed by atoms with Crippen LogP contribution in [0.3, 0.4) is 0 Å². The maximum Gasteiger partial charge on any atom is 0.418 e.